The Bertz CT molecular complexity index is 1200. The predicted molar refractivity (Wildman–Crippen MR) is 133 cm³/mol. The summed E-state index contributed by atoms with van der Waals surface area (Å²) < 4.78 is 31.2. The van der Waals surface area contributed by atoms with Gasteiger partial charge in [-0.15, -0.1) is 11.3 Å². The third-order valence-electron chi connectivity index (χ3n) is 6.24. The zero-order chi connectivity index (χ0) is 25.2. The summed E-state index contributed by atoms with van der Waals surface area (Å²) in [6.45, 7) is 4.22. The van der Waals surface area contributed by atoms with Crippen molar-refractivity contribution in [3.8, 4) is 0 Å². The number of ether oxygens (including phenoxy) is 1. The van der Waals surface area contributed by atoms with Crippen molar-refractivity contribution in [3.05, 3.63) is 57.8 Å². The summed E-state index contributed by atoms with van der Waals surface area (Å²) in [4.78, 5) is 30.7. The largest absolute Gasteiger partial charge is 0.507 e. The van der Waals surface area contributed by atoms with E-state index in [-0.39, 0.29) is 21.8 Å². The van der Waals surface area contributed by atoms with E-state index in [0.29, 0.717) is 26.2 Å². The van der Waals surface area contributed by atoms with Gasteiger partial charge in [0.15, 0.2) is 0 Å². The van der Waals surface area contributed by atoms with Gasteiger partial charge in [0.2, 0.25) is 10.0 Å². The number of aliphatic hydroxyl groups is 1. The summed E-state index contributed by atoms with van der Waals surface area (Å²) in [5, 5.41) is 13.0. The van der Waals surface area contributed by atoms with Crippen molar-refractivity contribution >= 4 is 38.8 Å². The molecule has 2 aliphatic rings. The molecule has 2 aliphatic heterocycles. The fraction of sp³-hybridized carbons (Fsp3) is 0.417. The molecule has 11 heteroatoms. The van der Waals surface area contributed by atoms with Crippen molar-refractivity contribution in [2.45, 2.75) is 17.4 Å². The van der Waals surface area contributed by atoms with Crippen LogP contribution in [0.1, 0.15) is 22.9 Å². The molecule has 35 heavy (non-hydrogen) atoms. The molecule has 0 aliphatic carbocycles. The van der Waals surface area contributed by atoms with E-state index < -0.39 is 27.8 Å². The summed E-state index contributed by atoms with van der Waals surface area (Å²) in [5.41, 5.74) is 0.294. The molecule has 1 N–H and O–H groups in total. The normalized spacial score (nSPS) is 21.2. The van der Waals surface area contributed by atoms with E-state index in [0.717, 1.165) is 28.8 Å². The van der Waals surface area contributed by atoms with Crippen molar-refractivity contribution < 1.29 is 27.9 Å². The Hall–Kier alpha value is -2.57. The van der Waals surface area contributed by atoms with Crippen LogP contribution in [0.15, 0.2) is 52.2 Å². The number of sulfonamides is 1. The lowest BCUT2D eigenvalue weighted by atomic mass is 10.00. The second-order valence-electron chi connectivity index (χ2n) is 8.63. The third-order valence-corrected chi connectivity index (χ3v) is 8.99. The van der Waals surface area contributed by atoms with Crippen LogP contribution < -0.4 is 0 Å². The van der Waals surface area contributed by atoms with Crippen molar-refractivity contribution in [2.75, 3.05) is 53.5 Å². The Kier molecular flexibility index (Phi) is 7.72. The first-order chi connectivity index (χ1) is 16.7. The number of rotatable bonds is 8. The maximum atomic E-state index is 13.1. The van der Waals surface area contributed by atoms with Gasteiger partial charge in [-0.25, -0.2) is 12.7 Å². The van der Waals surface area contributed by atoms with E-state index in [1.54, 1.807) is 0 Å². The molecular formula is C24H29N3O6S2. The van der Waals surface area contributed by atoms with E-state index in [2.05, 4.69) is 4.90 Å². The number of carbonyl (C=O) groups excluding carboxylic acids is 2. The number of nitrogens with zero attached hydrogens (tertiary/aromatic N) is 3. The molecule has 2 fully saturated rings. The fourth-order valence-corrected chi connectivity index (χ4v) is 6.04. The van der Waals surface area contributed by atoms with Gasteiger partial charge in [-0.05, 0) is 42.1 Å². The molecule has 0 unspecified atom stereocenters. The van der Waals surface area contributed by atoms with Crippen LogP contribution in [0.2, 0.25) is 0 Å². The summed E-state index contributed by atoms with van der Waals surface area (Å²) >= 11 is 1.41. The molecule has 3 heterocycles. The van der Waals surface area contributed by atoms with Gasteiger partial charge < -0.3 is 14.7 Å². The lowest BCUT2D eigenvalue weighted by Gasteiger charge is -2.28. The van der Waals surface area contributed by atoms with Gasteiger partial charge in [-0.2, -0.15) is 0 Å². The number of benzene rings is 1. The monoisotopic (exact) mass is 519 g/mol. The first-order valence-electron chi connectivity index (χ1n) is 11.4. The second-order valence-corrected chi connectivity index (χ2v) is 11.8. The minimum absolute atomic E-state index is 0.0204. The molecule has 0 saturated carbocycles. The van der Waals surface area contributed by atoms with Crippen molar-refractivity contribution in [2.24, 2.45) is 0 Å². The number of Topliss-reactive ketones (excluding diaryl/α,β-unsaturated/α-hetero) is 1. The Morgan fingerprint density at radius 3 is 2.40 bits per heavy atom. The van der Waals surface area contributed by atoms with Crippen LogP contribution in [-0.2, 0) is 24.3 Å². The van der Waals surface area contributed by atoms with Crippen molar-refractivity contribution in [3.63, 3.8) is 0 Å². The van der Waals surface area contributed by atoms with Gasteiger partial charge in [-0.1, -0.05) is 6.07 Å². The van der Waals surface area contributed by atoms with Crippen LogP contribution >= 0.6 is 11.3 Å². The zero-order valence-electron chi connectivity index (χ0n) is 19.7. The molecule has 188 valence electrons. The molecule has 2 saturated heterocycles. The Morgan fingerprint density at radius 2 is 1.80 bits per heavy atom. The van der Waals surface area contributed by atoms with Gasteiger partial charge in [-0.3, -0.25) is 14.5 Å². The van der Waals surface area contributed by atoms with Crippen LogP contribution in [0.4, 0.5) is 0 Å². The standard InChI is InChI=1S/C24H29N3O6S2/c1-25(2)35(31,32)18-8-6-17(7-9-18)22(28)20-21(19-5-3-16-34-19)27(24(30)23(20)29)11-4-10-26-12-14-33-15-13-26/h3,5-9,16,21,28H,4,10-15H2,1-2H3/b22-20+/t21-/m0/s1. The fourth-order valence-electron chi connectivity index (χ4n) is 4.29. The lowest BCUT2D eigenvalue weighted by molar-refractivity contribution is -0.140. The predicted octanol–water partition coefficient (Wildman–Crippen LogP) is 2.14. The van der Waals surface area contributed by atoms with Crippen LogP contribution in [0.3, 0.4) is 0 Å². The number of hydrogen-bond acceptors (Lipinski definition) is 8. The second kappa shape index (κ2) is 10.6. The maximum absolute atomic E-state index is 13.1. The highest BCUT2D eigenvalue weighted by Gasteiger charge is 2.46. The summed E-state index contributed by atoms with van der Waals surface area (Å²) in [7, 11) is -0.766. The molecule has 1 atom stereocenters. The Morgan fingerprint density at radius 1 is 1.11 bits per heavy atom. The highest BCUT2D eigenvalue weighted by molar-refractivity contribution is 7.89. The van der Waals surface area contributed by atoms with Gasteiger partial charge in [0.25, 0.3) is 11.7 Å². The molecule has 1 amide bonds. The van der Waals surface area contributed by atoms with E-state index in [1.807, 2.05) is 17.5 Å². The van der Waals surface area contributed by atoms with Crippen LogP contribution in [0.25, 0.3) is 5.76 Å². The van der Waals surface area contributed by atoms with Crippen LogP contribution in [-0.4, -0.2) is 92.8 Å². The molecule has 1 aromatic heterocycles. The molecule has 9 nitrogen and oxygen atoms in total. The average Bonchev–Trinajstić information content (AvgIpc) is 3.47. The quantitative estimate of drug-likeness (QED) is 0.323. The zero-order valence-corrected chi connectivity index (χ0v) is 21.3. The SMILES string of the molecule is CN(C)S(=O)(=O)c1ccc(/C(O)=C2\C(=O)C(=O)N(CCCN3CCOCC3)[C@H]2c2cccs2)cc1. The maximum Gasteiger partial charge on any atom is 0.295 e. The molecule has 0 radical (unpaired) electrons. The molecule has 0 spiro atoms. The number of carbonyl (C=O) groups is 2. The van der Waals surface area contributed by atoms with Crippen LogP contribution in [0.5, 0.6) is 0 Å². The van der Waals surface area contributed by atoms with Gasteiger partial charge in [0, 0.05) is 50.7 Å². The topological polar surface area (TPSA) is 107 Å². The van der Waals surface area contributed by atoms with E-state index in [4.69, 9.17) is 4.74 Å². The Labute approximate surface area is 209 Å². The smallest absolute Gasteiger partial charge is 0.295 e. The summed E-state index contributed by atoms with van der Waals surface area (Å²) in [6, 6.07) is 8.65. The highest BCUT2D eigenvalue weighted by atomic mass is 32.2. The van der Waals surface area contributed by atoms with Crippen LogP contribution in [0, 0.1) is 0 Å². The Balaban J connectivity index is 1.63. The number of aliphatic hydroxyl groups excluding tert-OH is 1. The number of amides is 1. The first kappa shape index (κ1) is 25.5. The molecule has 4 rings (SSSR count). The number of likely N-dealkylation sites (tertiary alicyclic amines) is 1. The van der Waals surface area contributed by atoms with Gasteiger partial charge in [0.05, 0.1) is 29.7 Å². The minimum Gasteiger partial charge on any atom is -0.507 e. The van der Waals surface area contributed by atoms with E-state index in [9.17, 15) is 23.1 Å². The number of ketones is 1. The van der Waals surface area contributed by atoms with Gasteiger partial charge >= 0.3 is 0 Å². The molecule has 0 bridgehead atoms. The number of thiophene rings is 1. The summed E-state index contributed by atoms with van der Waals surface area (Å²) in [5.74, 6) is -1.69. The van der Waals surface area contributed by atoms with Crippen molar-refractivity contribution in [1.82, 2.24) is 14.1 Å². The molecule has 2 aromatic rings. The lowest BCUT2D eigenvalue weighted by Crippen LogP contribution is -2.38. The first-order valence-corrected chi connectivity index (χ1v) is 13.7. The summed E-state index contributed by atoms with van der Waals surface area (Å²) in [6.07, 6.45) is 0.687. The molecule has 1 aromatic carbocycles. The van der Waals surface area contributed by atoms with Crippen molar-refractivity contribution in [1.29, 1.82) is 0 Å². The minimum atomic E-state index is -3.64. The molecular weight excluding hydrogens is 490 g/mol. The number of morpholine rings is 1. The van der Waals surface area contributed by atoms with Gasteiger partial charge in [0.1, 0.15) is 5.76 Å². The van der Waals surface area contributed by atoms with E-state index in [1.165, 1.54) is 54.6 Å². The highest BCUT2D eigenvalue weighted by Crippen LogP contribution is 2.41. The average molecular weight is 520 g/mol. The number of hydrogen-bond donors (Lipinski definition) is 1. The third kappa shape index (κ3) is 5.19. The van der Waals surface area contributed by atoms with E-state index >= 15 is 0 Å².